The van der Waals surface area contributed by atoms with Crippen LogP contribution in [0.4, 0.5) is 18.9 Å². The molecular formula is C23H16F3N3O2S. The molecule has 0 radical (unpaired) electrons. The van der Waals surface area contributed by atoms with Crippen molar-refractivity contribution in [2.45, 2.75) is 9.79 Å². The first kappa shape index (κ1) is 22.9. The third-order valence-electron chi connectivity index (χ3n) is 4.38. The summed E-state index contributed by atoms with van der Waals surface area (Å²) in [6, 6.07) is 17.3. The molecule has 0 bridgehead atoms. The van der Waals surface area contributed by atoms with Crippen molar-refractivity contribution in [3.63, 3.8) is 0 Å². The number of anilines is 1. The van der Waals surface area contributed by atoms with Crippen LogP contribution in [0.2, 0.25) is 0 Å². The summed E-state index contributed by atoms with van der Waals surface area (Å²) in [5.74, 6) is -5.87. The summed E-state index contributed by atoms with van der Waals surface area (Å²) in [4.78, 5) is 27.6. The quantitative estimate of drug-likeness (QED) is 0.540. The molecule has 3 aromatic carbocycles. The Bertz CT molecular complexity index is 1230. The fourth-order valence-corrected chi connectivity index (χ4v) is 3.82. The van der Waals surface area contributed by atoms with E-state index in [1.54, 1.807) is 48.5 Å². The number of benzene rings is 3. The topological polar surface area (TPSA) is 73.2 Å². The van der Waals surface area contributed by atoms with Crippen molar-refractivity contribution in [3.05, 3.63) is 89.2 Å². The molecule has 0 saturated carbocycles. The van der Waals surface area contributed by atoms with Crippen molar-refractivity contribution < 1.29 is 22.8 Å². The predicted molar refractivity (Wildman–Crippen MR) is 114 cm³/mol. The summed E-state index contributed by atoms with van der Waals surface area (Å²) in [7, 11) is 1.38. The number of amides is 2. The Morgan fingerprint density at radius 1 is 0.969 bits per heavy atom. The summed E-state index contributed by atoms with van der Waals surface area (Å²) in [6.45, 7) is -0.453. The minimum absolute atomic E-state index is 0.305. The number of hydrogen-bond donors (Lipinski definition) is 1. The van der Waals surface area contributed by atoms with E-state index in [2.05, 4.69) is 11.4 Å². The van der Waals surface area contributed by atoms with Crippen molar-refractivity contribution in [3.8, 4) is 6.07 Å². The summed E-state index contributed by atoms with van der Waals surface area (Å²) in [5.41, 5.74) is 0.236. The maximum absolute atomic E-state index is 13.8. The van der Waals surface area contributed by atoms with E-state index in [9.17, 15) is 28.0 Å². The summed E-state index contributed by atoms with van der Waals surface area (Å²) >= 11 is 1.24. The van der Waals surface area contributed by atoms with Gasteiger partial charge in [-0.3, -0.25) is 9.59 Å². The lowest BCUT2D eigenvalue weighted by atomic mass is 10.2. The fourth-order valence-electron chi connectivity index (χ4n) is 2.80. The SMILES string of the molecule is CN(CC(=O)Nc1ccc(F)c(F)c1F)C(=O)c1ccccc1Sc1ccccc1C#N. The van der Waals surface area contributed by atoms with Crippen LogP contribution < -0.4 is 5.32 Å². The van der Waals surface area contributed by atoms with Crippen LogP contribution in [0.25, 0.3) is 0 Å². The largest absolute Gasteiger partial charge is 0.332 e. The molecule has 0 aliphatic heterocycles. The molecule has 0 atom stereocenters. The molecule has 5 nitrogen and oxygen atoms in total. The number of halogens is 3. The van der Waals surface area contributed by atoms with Crippen LogP contribution in [-0.4, -0.2) is 30.3 Å². The first-order valence-electron chi connectivity index (χ1n) is 9.26. The molecular weight excluding hydrogens is 439 g/mol. The van der Waals surface area contributed by atoms with Crippen molar-refractivity contribution in [1.29, 1.82) is 5.26 Å². The zero-order chi connectivity index (χ0) is 23.3. The van der Waals surface area contributed by atoms with Gasteiger partial charge in [-0.05, 0) is 36.4 Å². The zero-order valence-electron chi connectivity index (χ0n) is 16.7. The maximum atomic E-state index is 13.8. The third kappa shape index (κ3) is 5.10. The average Bonchev–Trinajstić information content (AvgIpc) is 2.79. The molecule has 0 unspecified atom stereocenters. The van der Waals surface area contributed by atoms with Gasteiger partial charge in [0.15, 0.2) is 17.5 Å². The van der Waals surface area contributed by atoms with Crippen LogP contribution in [0.5, 0.6) is 0 Å². The molecule has 3 aromatic rings. The average molecular weight is 455 g/mol. The highest BCUT2D eigenvalue weighted by molar-refractivity contribution is 7.99. The van der Waals surface area contributed by atoms with Gasteiger partial charge in [-0.15, -0.1) is 0 Å². The minimum atomic E-state index is -1.70. The Balaban J connectivity index is 1.74. The van der Waals surface area contributed by atoms with Gasteiger partial charge in [-0.25, -0.2) is 13.2 Å². The third-order valence-corrected chi connectivity index (χ3v) is 5.53. The second kappa shape index (κ2) is 10.0. The Morgan fingerprint density at radius 3 is 2.34 bits per heavy atom. The van der Waals surface area contributed by atoms with Gasteiger partial charge in [-0.2, -0.15) is 5.26 Å². The van der Waals surface area contributed by atoms with Gasteiger partial charge in [0.05, 0.1) is 23.4 Å². The molecule has 9 heteroatoms. The first-order valence-corrected chi connectivity index (χ1v) is 10.1. The number of nitrogens with one attached hydrogen (secondary N) is 1. The predicted octanol–water partition coefficient (Wildman–Crippen LogP) is 4.84. The van der Waals surface area contributed by atoms with Crippen LogP contribution >= 0.6 is 11.8 Å². The van der Waals surface area contributed by atoms with Crippen LogP contribution in [0.1, 0.15) is 15.9 Å². The summed E-state index contributed by atoms with van der Waals surface area (Å²) in [5, 5.41) is 11.4. The van der Waals surface area contributed by atoms with Crippen molar-refractivity contribution in [1.82, 2.24) is 4.90 Å². The number of rotatable bonds is 6. The lowest BCUT2D eigenvalue weighted by Gasteiger charge is -2.19. The van der Waals surface area contributed by atoms with Gasteiger partial charge < -0.3 is 10.2 Å². The highest BCUT2D eigenvalue weighted by atomic mass is 32.2. The van der Waals surface area contributed by atoms with E-state index in [1.807, 2.05) is 0 Å². The molecule has 0 aliphatic carbocycles. The fraction of sp³-hybridized carbons (Fsp3) is 0.0870. The minimum Gasteiger partial charge on any atom is -0.332 e. The first-order chi connectivity index (χ1) is 15.3. The second-order valence-electron chi connectivity index (χ2n) is 6.64. The van der Waals surface area contributed by atoms with Gasteiger partial charge in [0, 0.05) is 16.8 Å². The van der Waals surface area contributed by atoms with E-state index in [0.29, 0.717) is 27.0 Å². The number of carbonyl (C=O) groups is 2. The van der Waals surface area contributed by atoms with Gasteiger partial charge in [-0.1, -0.05) is 36.0 Å². The number of likely N-dealkylation sites (N-methyl/N-ethyl adjacent to an activating group) is 1. The van der Waals surface area contributed by atoms with E-state index >= 15 is 0 Å². The summed E-state index contributed by atoms with van der Waals surface area (Å²) < 4.78 is 40.2. The zero-order valence-corrected chi connectivity index (χ0v) is 17.6. The number of nitrogens with zero attached hydrogens (tertiary/aromatic N) is 2. The molecule has 3 rings (SSSR count). The normalized spacial score (nSPS) is 10.3. The molecule has 0 aromatic heterocycles. The standard InChI is InChI=1S/C23H16F3N3O2S/c1-29(13-20(30)28-17-11-10-16(24)21(25)22(17)26)23(31)15-7-3-5-9-19(15)32-18-8-4-2-6-14(18)12-27/h2-11H,13H2,1H3,(H,28,30). The molecule has 0 saturated heterocycles. The highest BCUT2D eigenvalue weighted by Gasteiger charge is 2.21. The van der Waals surface area contributed by atoms with Gasteiger partial charge in [0.2, 0.25) is 5.91 Å². The Morgan fingerprint density at radius 2 is 1.62 bits per heavy atom. The lowest BCUT2D eigenvalue weighted by Crippen LogP contribution is -2.35. The van der Waals surface area contributed by atoms with E-state index < -0.39 is 41.5 Å². The van der Waals surface area contributed by atoms with Crippen LogP contribution in [-0.2, 0) is 4.79 Å². The van der Waals surface area contributed by atoms with Crippen molar-refractivity contribution in [2.75, 3.05) is 18.9 Å². The molecule has 2 amide bonds. The number of carbonyl (C=O) groups excluding carboxylic acids is 2. The summed E-state index contributed by atoms with van der Waals surface area (Å²) in [6.07, 6.45) is 0. The molecule has 162 valence electrons. The highest BCUT2D eigenvalue weighted by Crippen LogP contribution is 2.33. The van der Waals surface area contributed by atoms with E-state index in [4.69, 9.17) is 0 Å². The molecule has 0 fully saturated rings. The number of nitriles is 1. The Labute approximate surface area is 186 Å². The van der Waals surface area contributed by atoms with E-state index in [1.165, 1.54) is 18.8 Å². The van der Waals surface area contributed by atoms with Gasteiger partial charge >= 0.3 is 0 Å². The Kier molecular flexibility index (Phi) is 7.18. The van der Waals surface area contributed by atoms with Crippen LogP contribution in [0, 0.1) is 28.8 Å². The lowest BCUT2D eigenvalue weighted by molar-refractivity contribution is -0.116. The van der Waals surface area contributed by atoms with Gasteiger partial charge in [0.1, 0.15) is 6.07 Å². The van der Waals surface area contributed by atoms with Crippen LogP contribution in [0.15, 0.2) is 70.5 Å². The van der Waals surface area contributed by atoms with Gasteiger partial charge in [0.25, 0.3) is 5.91 Å². The van der Waals surface area contributed by atoms with E-state index in [0.717, 1.165) is 11.0 Å². The van der Waals surface area contributed by atoms with E-state index in [-0.39, 0.29) is 0 Å². The monoisotopic (exact) mass is 455 g/mol. The molecule has 0 heterocycles. The molecule has 1 N–H and O–H groups in total. The number of hydrogen-bond acceptors (Lipinski definition) is 4. The molecule has 32 heavy (non-hydrogen) atoms. The molecule has 0 spiro atoms. The molecule has 0 aliphatic rings. The van der Waals surface area contributed by atoms with Crippen LogP contribution in [0.3, 0.4) is 0 Å². The Hall–Kier alpha value is -3.77. The maximum Gasteiger partial charge on any atom is 0.255 e. The smallest absolute Gasteiger partial charge is 0.255 e. The second-order valence-corrected chi connectivity index (χ2v) is 7.72. The van der Waals surface area contributed by atoms with Crippen molar-refractivity contribution in [2.24, 2.45) is 0 Å². The van der Waals surface area contributed by atoms with Crippen molar-refractivity contribution >= 4 is 29.3 Å².